The van der Waals surface area contributed by atoms with Crippen molar-refractivity contribution < 1.29 is 24.2 Å². The molecule has 2 aliphatic heterocycles. The van der Waals surface area contributed by atoms with Gasteiger partial charge in [-0.2, -0.15) is 0 Å². The number of imide groups is 2. The van der Waals surface area contributed by atoms with Crippen molar-refractivity contribution in [2.45, 2.75) is 38.3 Å². The minimum atomic E-state index is -0.644. The molecule has 1 saturated carbocycles. The number of fused-ring (bicyclic) bond motifs is 1. The second kappa shape index (κ2) is 8.40. The highest BCUT2D eigenvalue weighted by Crippen LogP contribution is 2.27. The molecule has 2 aromatic rings. The van der Waals surface area contributed by atoms with Gasteiger partial charge in [0.25, 0.3) is 0 Å². The van der Waals surface area contributed by atoms with E-state index in [9.17, 15) is 14.4 Å². The highest BCUT2D eigenvalue weighted by molar-refractivity contribution is 6.44. The highest BCUT2D eigenvalue weighted by atomic mass is 16.2. The van der Waals surface area contributed by atoms with Gasteiger partial charge in [-0.25, -0.2) is 9.69 Å². The molecular formula is C24H30N4O3+2. The normalized spacial score (nSPS) is 25.2. The van der Waals surface area contributed by atoms with Crippen LogP contribution in [0.15, 0.2) is 42.5 Å². The molecule has 3 fully saturated rings. The Kier molecular flexibility index (Phi) is 5.46. The number of hydrogen-bond donors (Lipinski definition) is 2. The first-order valence-electron chi connectivity index (χ1n) is 11.4. The van der Waals surface area contributed by atoms with Gasteiger partial charge in [0.1, 0.15) is 32.7 Å². The first-order chi connectivity index (χ1) is 15.1. The van der Waals surface area contributed by atoms with Gasteiger partial charge in [-0.05, 0) is 23.6 Å². The Hall–Kier alpha value is -2.77. The van der Waals surface area contributed by atoms with Crippen molar-refractivity contribution in [3.63, 3.8) is 0 Å². The van der Waals surface area contributed by atoms with Gasteiger partial charge >= 0.3 is 17.8 Å². The monoisotopic (exact) mass is 422 g/mol. The standard InChI is InChI=1S/C24H28N4O3/c29-22-23(30)28(20-9-2-3-10-20)24(31)27(22)17-26-14-12-25(13-15-26)16-19-8-5-7-18-6-1-4-11-21(18)19/h1,4-8,11,20H,2-3,9-10,12-17H2/p+2. The summed E-state index contributed by atoms with van der Waals surface area (Å²) in [5.74, 6) is -1.27. The van der Waals surface area contributed by atoms with Crippen LogP contribution in [-0.2, 0) is 16.1 Å². The molecular weight excluding hydrogens is 392 g/mol. The summed E-state index contributed by atoms with van der Waals surface area (Å²) in [6.07, 6.45) is 3.68. The molecule has 0 radical (unpaired) electrons. The van der Waals surface area contributed by atoms with Crippen molar-refractivity contribution in [3.05, 3.63) is 48.0 Å². The number of carbonyl (C=O) groups is 3. The summed E-state index contributed by atoms with van der Waals surface area (Å²) in [4.78, 5) is 42.8. The molecule has 4 amide bonds. The van der Waals surface area contributed by atoms with E-state index in [-0.39, 0.29) is 6.04 Å². The average molecular weight is 423 g/mol. The van der Waals surface area contributed by atoms with E-state index >= 15 is 0 Å². The lowest BCUT2D eigenvalue weighted by Gasteiger charge is -2.31. The Morgan fingerprint density at radius 1 is 0.806 bits per heavy atom. The molecule has 5 rings (SSSR count). The molecule has 2 saturated heterocycles. The minimum absolute atomic E-state index is 0.0917. The second-order valence-electron chi connectivity index (χ2n) is 9.10. The lowest BCUT2D eigenvalue weighted by Crippen LogP contribution is -3.28. The average Bonchev–Trinajstić information content (AvgIpc) is 3.38. The molecule has 2 aromatic carbocycles. The molecule has 0 aromatic heterocycles. The van der Waals surface area contributed by atoms with Crippen LogP contribution in [0.1, 0.15) is 31.2 Å². The van der Waals surface area contributed by atoms with Gasteiger partial charge in [0, 0.05) is 11.6 Å². The lowest BCUT2D eigenvalue weighted by atomic mass is 10.0. The molecule has 31 heavy (non-hydrogen) atoms. The quantitative estimate of drug-likeness (QED) is 0.519. The summed E-state index contributed by atoms with van der Waals surface area (Å²) in [7, 11) is 0. The fourth-order valence-electron chi connectivity index (χ4n) is 5.38. The largest absolute Gasteiger partial charge is 0.338 e. The Labute approximate surface area is 182 Å². The minimum Gasteiger partial charge on any atom is -0.322 e. The van der Waals surface area contributed by atoms with Gasteiger partial charge in [0.05, 0.1) is 0 Å². The maximum absolute atomic E-state index is 12.8. The van der Waals surface area contributed by atoms with E-state index in [0.717, 1.165) is 58.4 Å². The van der Waals surface area contributed by atoms with E-state index in [2.05, 4.69) is 42.5 Å². The maximum atomic E-state index is 12.8. The lowest BCUT2D eigenvalue weighted by molar-refractivity contribution is -1.02. The predicted molar refractivity (Wildman–Crippen MR) is 115 cm³/mol. The number of piperazine rings is 1. The zero-order chi connectivity index (χ0) is 21.4. The van der Waals surface area contributed by atoms with Crippen molar-refractivity contribution in [2.75, 3.05) is 32.8 Å². The zero-order valence-electron chi connectivity index (χ0n) is 17.8. The van der Waals surface area contributed by atoms with Crippen LogP contribution in [0.25, 0.3) is 10.8 Å². The number of carbonyl (C=O) groups excluding carboxylic acids is 3. The molecule has 162 valence electrons. The number of quaternary nitrogens is 2. The zero-order valence-corrected chi connectivity index (χ0v) is 17.8. The van der Waals surface area contributed by atoms with Crippen molar-refractivity contribution in [1.29, 1.82) is 0 Å². The van der Waals surface area contributed by atoms with Crippen LogP contribution in [0, 0.1) is 0 Å². The van der Waals surface area contributed by atoms with Crippen LogP contribution < -0.4 is 9.80 Å². The summed E-state index contributed by atoms with van der Waals surface area (Å²) < 4.78 is 0. The fraction of sp³-hybridized carbons (Fsp3) is 0.458. The van der Waals surface area contributed by atoms with Crippen molar-refractivity contribution in [3.8, 4) is 0 Å². The third kappa shape index (κ3) is 3.83. The third-order valence-corrected chi connectivity index (χ3v) is 7.14. The second-order valence-corrected chi connectivity index (χ2v) is 9.10. The Morgan fingerprint density at radius 3 is 2.26 bits per heavy atom. The number of nitrogens with one attached hydrogen (secondary N) is 2. The predicted octanol–water partition coefficient (Wildman–Crippen LogP) is -0.186. The Bertz CT molecular complexity index is 1000. The summed E-state index contributed by atoms with van der Waals surface area (Å²) >= 11 is 0. The van der Waals surface area contributed by atoms with E-state index in [1.165, 1.54) is 35.9 Å². The van der Waals surface area contributed by atoms with Crippen LogP contribution in [0.3, 0.4) is 0 Å². The van der Waals surface area contributed by atoms with Gasteiger partial charge in [-0.3, -0.25) is 14.5 Å². The molecule has 2 N–H and O–H groups in total. The number of nitrogens with zero attached hydrogens (tertiary/aromatic N) is 2. The van der Waals surface area contributed by atoms with Gasteiger partial charge in [-0.15, -0.1) is 0 Å². The van der Waals surface area contributed by atoms with E-state index in [4.69, 9.17) is 0 Å². The Balaban J connectivity index is 1.19. The molecule has 3 aliphatic rings. The first-order valence-corrected chi connectivity index (χ1v) is 11.4. The molecule has 0 spiro atoms. The van der Waals surface area contributed by atoms with Gasteiger partial charge in [-0.1, -0.05) is 55.3 Å². The van der Waals surface area contributed by atoms with Crippen LogP contribution in [-0.4, -0.2) is 66.5 Å². The number of benzene rings is 2. The molecule has 0 unspecified atom stereocenters. The van der Waals surface area contributed by atoms with Crippen LogP contribution in [0.4, 0.5) is 4.79 Å². The van der Waals surface area contributed by atoms with Gasteiger partial charge in [0.15, 0.2) is 6.67 Å². The number of rotatable bonds is 5. The van der Waals surface area contributed by atoms with Gasteiger partial charge in [0.2, 0.25) is 0 Å². The van der Waals surface area contributed by atoms with E-state index in [1.54, 1.807) is 0 Å². The number of hydrogen-bond acceptors (Lipinski definition) is 3. The highest BCUT2D eigenvalue weighted by Gasteiger charge is 2.49. The number of amides is 4. The SMILES string of the molecule is O=C1C(=O)N(C2CCCC2)C(=O)N1C[NH+]1CC[NH+](Cc2cccc3ccccc23)CC1. The van der Waals surface area contributed by atoms with E-state index < -0.39 is 17.8 Å². The van der Waals surface area contributed by atoms with Gasteiger partial charge < -0.3 is 9.80 Å². The van der Waals surface area contributed by atoms with Crippen molar-refractivity contribution in [2.24, 2.45) is 0 Å². The summed E-state index contributed by atoms with van der Waals surface area (Å²) in [6, 6.07) is 14.5. The van der Waals surface area contributed by atoms with Crippen molar-refractivity contribution >= 4 is 28.6 Å². The number of urea groups is 1. The summed E-state index contributed by atoms with van der Waals surface area (Å²) in [5.41, 5.74) is 1.36. The first kappa shape index (κ1) is 20.2. The van der Waals surface area contributed by atoms with Crippen LogP contribution >= 0.6 is 0 Å². The third-order valence-electron chi connectivity index (χ3n) is 7.14. The van der Waals surface area contributed by atoms with E-state index in [1.807, 2.05) is 0 Å². The van der Waals surface area contributed by atoms with E-state index in [0.29, 0.717) is 6.67 Å². The molecule has 0 atom stereocenters. The molecule has 2 heterocycles. The molecule has 7 nitrogen and oxygen atoms in total. The molecule has 1 aliphatic carbocycles. The molecule has 7 heteroatoms. The maximum Gasteiger partial charge on any atom is 0.338 e. The topological polar surface area (TPSA) is 66.6 Å². The summed E-state index contributed by atoms with van der Waals surface area (Å²) in [6.45, 7) is 5.01. The van der Waals surface area contributed by atoms with Crippen molar-refractivity contribution in [1.82, 2.24) is 9.80 Å². The van der Waals surface area contributed by atoms with Crippen LogP contribution in [0.5, 0.6) is 0 Å². The molecule has 0 bridgehead atoms. The summed E-state index contributed by atoms with van der Waals surface area (Å²) in [5, 5.41) is 2.58. The van der Waals surface area contributed by atoms with Crippen LogP contribution in [0.2, 0.25) is 0 Å². The smallest absolute Gasteiger partial charge is 0.322 e. The Morgan fingerprint density at radius 2 is 1.48 bits per heavy atom. The fourth-order valence-corrected chi connectivity index (χ4v) is 5.38.